The highest BCUT2D eigenvalue weighted by molar-refractivity contribution is 5.98. The minimum absolute atomic E-state index is 0.114. The van der Waals surface area contributed by atoms with Gasteiger partial charge in [-0.25, -0.2) is 0 Å². The van der Waals surface area contributed by atoms with Gasteiger partial charge in [-0.05, 0) is 60.0 Å². The summed E-state index contributed by atoms with van der Waals surface area (Å²) in [6.45, 7) is 3.39. The first-order chi connectivity index (χ1) is 15.1. The number of carbonyl (C=O) groups excluding carboxylic acids is 2. The van der Waals surface area contributed by atoms with Crippen LogP contribution in [0.3, 0.4) is 0 Å². The molecule has 31 heavy (non-hydrogen) atoms. The number of aromatic nitrogens is 1. The van der Waals surface area contributed by atoms with Crippen LogP contribution in [0.25, 0.3) is 0 Å². The molecule has 0 aliphatic carbocycles. The maximum Gasteiger partial charge on any atom is 0.251 e. The van der Waals surface area contributed by atoms with Crippen LogP contribution >= 0.6 is 0 Å². The summed E-state index contributed by atoms with van der Waals surface area (Å²) in [5.41, 5.74) is 4.43. The number of rotatable bonds is 7. The zero-order valence-corrected chi connectivity index (χ0v) is 17.5. The van der Waals surface area contributed by atoms with Crippen LogP contribution in [-0.2, 0) is 24.4 Å². The number of fused-ring (bicyclic) bond motifs is 1. The lowest BCUT2D eigenvalue weighted by molar-refractivity contribution is -0.118. The Morgan fingerprint density at radius 3 is 2.68 bits per heavy atom. The first-order valence-electron chi connectivity index (χ1n) is 10.5. The molecule has 1 aromatic heterocycles. The molecule has 0 saturated carbocycles. The number of pyridine rings is 1. The van der Waals surface area contributed by atoms with Crippen LogP contribution in [0.2, 0.25) is 0 Å². The molecule has 2 aromatic carbocycles. The second-order valence-electron chi connectivity index (χ2n) is 7.43. The van der Waals surface area contributed by atoms with Crippen molar-refractivity contribution in [1.82, 2.24) is 10.3 Å². The molecule has 0 saturated heterocycles. The number of hydrogen-bond acceptors (Lipinski definition) is 4. The molecule has 0 unspecified atom stereocenters. The maximum absolute atomic E-state index is 12.6. The summed E-state index contributed by atoms with van der Waals surface area (Å²) in [5.74, 6) is 0.743. The lowest BCUT2D eigenvalue weighted by Gasteiger charge is -2.16. The van der Waals surface area contributed by atoms with Crippen molar-refractivity contribution in [2.24, 2.45) is 0 Å². The SMILES string of the molecule is CCC(=O)N1CCc2cc(C(=O)NCc3ccc(OCc4ccccn4)cc3)ccc21. The first kappa shape index (κ1) is 20.6. The lowest BCUT2D eigenvalue weighted by Crippen LogP contribution is -2.27. The Bertz CT molecular complexity index is 1070. The van der Waals surface area contributed by atoms with E-state index in [0.29, 0.717) is 31.7 Å². The molecule has 0 radical (unpaired) electrons. The molecule has 0 spiro atoms. The van der Waals surface area contributed by atoms with Gasteiger partial charge < -0.3 is 15.0 Å². The molecule has 4 rings (SSSR count). The lowest BCUT2D eigenvalue weighted by atomic mass is 10.1. The molecule has 2 heterocycles. The van der Waals surface area contributed by atoms with Crippen LogP contribution in [0, 0.1) is 0 Å². The summed E-state index contributed by atoms with van der Waals surface area (Å²) >= 11 is 0. The number of nitrogens with one attached hydrogen (secondary N) is 1. The van der Waals surface area contributed by atoms with Gasteiger partial charge in [0.05, 0.1) is 5.69 Å². The van der Waals surface area contributed by atoms with Gasteiger partial charge in [-0.15, -0.1) is 0 Å². The molecular weight excluding hydrogens is 390 g/mol. The molecule has 0 bridgehead atoms. The Morgan fingerprint density at radius 1 is 1.10 bits per heavy atom. The number of hydrogen-bond donors (Lipinski definition) is 1. The van der Waals surface area contributed by atoms with Gasteiger partial charge in [-0.3, -0.25) is 14.6 Å². The number of ether oxygens (including phenoxy) is 1. The van der Waals surface area contributed by atoms with E-state index in [-0.39, 0.29) is 11.8 Å². The Hall–Kier alpha value is -3.67. The highest BCUT2D eigenvalue weighted by Crippen LogP contribution is 2.29. The highest BCUT2D eigenvalue weighted by Gasteiger charge is 2.24. The number of nitrogens with zero attached hydrogens (tertiary/aromatic N) is 2. The average Bonchev–Trinajstić information content (AvgIpc) is 3.25. The highest BCUT2D eigenvalue weighted by atomic mass is 16.5. The van der Waals surface area contributed by atoms with Crippen LogP contribution in [0.15, 0.2) is 66.9 Å². The van der Waals surface area contributed by atoms with Gasteiger partial charge in [0, 0.05) is 37.0 Å². The minimum atomic E-state index is -0.126. The van der Waals surface area contributed by atoms with Crippen LogP contribution in [0.5, 0.6) is 5.75 Å². The van der Waals surface area contributed by atoms with E-state index in [1.54, 1.807) is 17.2 Å². The van der Waals surface area contributed by atoms with E-state index in [0.717, 1.165) is 34.7 Å². The zero-order chi connectivity index (χ0) is 21.6. The zero-order valence-electron chi connectivity index (χ0n) is 17.5. The molecule has 0 atom stereocenters. The Balaban J connectivity index is 1.31. The van der Waals surface area contributed by atoms with E-state index < -0.39 is 0 Å². The fourth-order valence-corrected chi connectivity index (χ4v) is 3.62. The predicted octanol–water partition coefficient (Wildman–Crippen LogP) is 3.89. The molecule has 3 aromatic rings. The van der Waals surface area contributed by atoms with Gasteiger partial charge in [0.25, 0.3) is 5.91 Å². The second kappa shape index (κ2) is 9.43. The largest absolute Gasteiger partial charge is 0.487 e. The number of benzene rings is 2. The third kappa shape index (κ3) is 4.91. The van der Waals surface area contributed by atoms with Crippen LogP contribution in [0.4, 0.5) is 5.69 Å². The first-order valence-corrected chi connectivity index (χ1v) is 10.5. The Labute approximate surface area is 181 Å². The van der Waals surface area contributed by atoms with Crippen molar-refractivity contribution in [3.05, 3.63) is 89.2 Å². The van der Waals surface area contributed by atoms with Crippen molar-refractivity contribution in [2.75, 3.05) is 11.4 Å². The molecule has 1 aliphatic rings. The molecule has 1 aliphatic heterocycles. The van der Waals surface area contributed by atoms with Crippen LogP contribution < -0.4 is 15.0 Å². The quantitative estimate of drug-likeness (QED) is 0.636. The van der Waals surface area contributed by atoms with Gasteiger partial charge in [0.1, 0.15) is 12.4 Å². The maximum atomic E-state index is 12.6. The van der Waals surface area contributed by atoms with E-state index >= 15 is 0 Å². The van der Waals surface area contributed by atoms with Gasteiger partial charge in [0.2, 0.25) is 5.91 Å². The summed E-state index contributed by atoms with van der Waals surface area (Å²) in [6, 6.07) is 18.9. The topological polar surface area (TPSA) is 71.5 Å². The van der Waals surface area contributed by atoms with Crippen molar-refractivity contribution < 1.29 is 14.3 Å². The van der Waals surface area contributed by atoms with Crippen LogP contribution in [0.1, 0.15) is 40.5 Å². The molecule has 6 nitrogen and oxygen atoms in total. The summed E-state index contributed by atoms with van der Waals surface area (Å²) < 4.78 is 5.74. The van der Waals surface area contributed by atoms with E-state index in [2.05, 4.69) is 10.3 Å². The third-order valence-corrected chi connectivity index (χ3v) is 5.33. The summed E-state index contributed by atoms with van der Waals surface area (Å²) in [4.78, 5) is 30.7. The minimum Gasteiger partial charge on any atom is -0.487 e. The monoisotopic (exact) mass is 415 g/mol. The van der Waals surface area contributed by atoms with E-state index in [1.807, 2.05) is 61.5 Å². The van der Waals surface area contributed by atoms with Crippen molar-refractivity contribution in [1.29, 1.82) is 0 Å². The van der Waals surface area contributed by atoms with Gasteiger partial charge in [-0.1, -0.05) is 25.1 Å². The van der Waals surface area contributed by atoms with Gasteiger partial charge >= 0.3 is 0 Å². The second-order valence-corrected chi connectivity index (χ2v) is 7.43. The molecule has 0 fully saturated rings. The van der Waals surface area contributed by atoms with Gasteiger partial charge in [0.15, 0.2) is 0 Å². The van der Waals surface area contributed by atoms with Crippen molar-refractivity contribution in [3.8, 4) is 5.75 Å². The number of carbonyl (C=O) groups is 2. The van der Waals surface area contributed by atoms with E-state index in [1.165, 1.54) is 0 Å². The predicted molar refractivity (Wildman–Crippen MR) is 119 cm³/mol. The smallest absolute Gasteiger partial charge is 0.251 e. The third-order valence-electron chi connectivity index (χ3n) is 5.33. The average molecular weight is 415 g/mol. The summed E-state index contributed by atoms with van der Waals surface area (Å²) in [5, 5.41) is 2.96. The standard InChI is InChI=1S/C25H25N3O3/c1-2-24(29)28-14-12-19-15-20(8-11-23(19)28)25(30)27-16-18-6-9-22(10-7-18)31-17-21-5-3-4-13-26-21/h3-11,13,15H,2,12,14,16-17H2,1H3,(H,27,30). The molecule has 2 amide bonds. The van der Waals surface area contributed by atoms with E-state index in [9.17, 15) is 9.59 Å². The van der Waals surface area contributed by atoms with Crippen LogP contribution in [-0.4, -0.2) is 23.3 Å². The van der Waals surface area contributed by atoms with Gasteiger partial charge in [-0.2, -0.15) is 0 Å². The fraction of sp³-hybridized carbons (Fsp3) is 0.240. The molecule has 158 valence electrons. The Kier molecular flexibility index (Phi) is 6.26. The fourth-order valence-electron chi connectivity index (χ4n) is 3.62. The molecule has 6 heteroatoms. The van der Waals surface area contributed by atoms with Crippen molar-refractivity contribution >= 4 is 17.5 Å². The van der Waals surface area contributed by atoms with Crippen molar-refractivity contribution in [3.63, 3.8) is 0 Å². The summed E-state index contributed by atoms with van der Waals surface area (Å²) in [6.07, 6.45) is 3.00. The number of anilines is 1. The Morgan fingerprint density at radius 2 is 1.94 bits per heavy atom. The van der Waals surface area contributed by atoms with E-state index in [4.69, 9.17) is 4.74 Å². The normalized spacial score (nSPS) is 12.4. The molecule has 1 N–H and O–H groups in total. The summed E-state index contributed by atoms with van der Waals surface area (Å²) in [7, 11) is 0. The van der Waals surface area contributed by atoms with Crippen molar-refractivity contribution in [2.45, 2.75) is 32.9 Å². The number of amides is 2. The molecular formula is C25H25N3O3.